The second-order valence-electron chi connectivity index (χ2n) is 7.22. The minimum absolute atomic E-state index is 0.0887. The zero-order valence-corrected chi connectivity index (χ0v) is 17.6. The van der Waals surface area contributed by atoms with E-state index in [0.29, 0.717) is 24.6 Å². The molecule has 7 heteroatoms. The van der Waals surface area contributed by atoms with Gasteiger partial charge in [-0.1, -0.05) is 38.1 Å². The van der Waals surface area contributed by atoms with E-state index in [0.717, 1.165) is 5.56 Å². The van der Waals surface area contributed by atoms with Crippen molar-refractivity contribution in [2.75, 3.05) is 13.2 Å². The first-order chi connectivity index (χ1) is 15.0. The molecule has 7 nitrogen and oxygen atoms in total. The molecule has 1 N–H and O–H groups in total. The van der Waals surface area contributed by atoms with Crippen molar-refractivity contribution in [3.05, 3.63) is 83.8 Å². The molecule has 1 aromatic carbocycles. The Balaban J connectivity index is 1.46. The number of amides is 1. The summed E-state index contributed by atoms with van der Waals surface area (Å²) in [4.78, 5) is 32.5. The molecule has 160 valence electrons. The standard InChI is InChI=1S/C24H25N3O4/c1-17(2)19-9-7-18(8-10-19)11-14-26-22(28)16-30-24(29)21-6-4-13-27-23(21)31-20-5-3-12-25-15-20/h3-10,12-13,15,17H,11,14,16H2,1-2H3,(H,26,28). The maximum Gasteiger partial charge on any atom is 0.344 e. The molecule has 0 aliphatic carbocycles. The summed E-state index contributed by atoms with van der Waals surface area (Å²) in [5.41, 5.74) is 2.54. The minimum Gasteiger partial charge on any atom is -0.452 e. The van der Waals surface area contributed by atoms with Crippen molar-refractivity contribution in [2.45, 2.75) is 26.2 Å². The van der Waals surface area contributed by atoms with Crippen LogP contribution in [-0.2, 0) is 16.0 Å². The molecule has 2 aromatic heterocycles. The van der Waals surface area contributed by atoms with Gasteiger partial charge in [-0.3, -0.25) is 9.78 Å². The monoisotopic (exact) mass is 419 g/mol. The predicted octanol–water partition coefficient (Wildman–Crippen LogP) is 3.91. The fourth-order valence-corrected chi connectivity index (χ4v) is 2.82. The smallest absolute Gasteiger partial charge is 0.344 e. The van der Waals surface area contributed by atoms with Crippen molar-refractivity contribution in [1.29, 1.82) is 0 Å². The summed E-state index contributed by atoms with van der Waals surface area (Å²) in [6, 6.07) is 14.9. The Morgan fingerprint density at radius 2 is 1.81 bits per heavy atom. The zero-order valence-electron chi connectivity index (χ0n) is 17.6. The second-order valence-corrected chi connectivity index (χ2v) is 7.22. The molecular weight excluding hydrogens is 394 g/mol. The summed E-state index contributed by atoms with van der Waals surface area (Å²) in [5, 5.41) is 2.76. The molecule has 0 aliphatic rings. The molecule has 0 atom stereocenters. The van der Waals surface area contributed by atoms with Crippen molar-refractivity contribution in [3.8, 4) is 11.6 Å². The number of rotatable bonds is 9. The minimum atomic E-state index is -0.689. The van der Waals surface area contributed by atoms with E-state index in [1.165, 1.54) is 24.0 Å². The summed E-state index contributed by atoms with van der Waals surface area (Å²) < 4.78 is 10.7. The average Bonchev–Trinajstić information content (AvgIpc) is 2.79. The highest BCUT2D eigenvalue weighted by molar-refractivity contribution is 5.93. The molecule has 31 heavy (non-hydrogen) atoms. The number of carbonyl (C=O) groups is 2. The Hall–Kier alpha value is -3.74. The average molecular weight is 419 g/mol. The van der Waals surface area contributed by atoms with Gasteiger partial charge in [-0.15, -0.1) is 0 Å². The zero-order chi connectivity index (χ0) is 22.1. The third-order valence-corrected chi connectivity index (χ3v) is 4.56. The molecule has 0 spiro atoms. The molecule has 0 bridgehead atoms. The van der Waals surface area contributed by atoms with E-state index < -0.39 is 5.97 Å². The first-order valence-electron chi connectivity index (χ1n) is 10.1. The Kier molecular flexibility index (Phi) is 7.70. The summed E-state index contributed by atoms with van der Waals surface area (Å²) in [7, 11) is 0. The molecule has 0 saturated carbocycles. The van der Waals surface area contributed by atoms with E-state index in [-0.39, 0.29) is 24.0 Å². The van der Waals surface area contributed by atoms with Crippen molar-refractivity contribution in [2.24, 2.45) is 0 Å². The van der Waals surface area contributed by atoms with Gasteiger partial charge >= 0.3 is 5.97 Å². The van der Waals surface area contributed by atoms with Gasteiger partial charge in [0.1, 0.15) is 11.3 Å². The van der Waals surface area contributed by atoms with Crippen molar-refractivity contribution in [1.82, 2.24) is 15.3 Å². The molecule has 3 rings (SSSR count). The molecule has 0 saturated heterocycles. The number of esters is 1. The fourth-order valence-electron chi connectivity index (χ4n) is 2.82. The Morgan fingerprint density at radius 3 is 2.52 bits per heavy atom. The highest BCUT2D eigenvalue weighted by Gasteiger charge is 2.17. The van der Waals surface area contributed by atoms with E-state index in [9.17, 15) is 9.59 Å². The molecule has 2 heterocycles. The molecule has 0 fully saturated rings. The lowest BCUT2D eigenvalue weighted by molar-refractivity contribution is -0.124. The van der Waals surface area contributed by atoms with Crippen LogP contribution in [0.5, 0.6) is 11.6 Å². The van der Waals surface area contributed by atoms with E-state index in [1.807, 2.05) is 0 Å². The van der Waals surface area contributed by atoms with Crippen molar-refractivity contribution < 1.29 is 19.1 Å². The molecule has 0 aliphatic heterocycles. The normalized spacial score (nSPS) is 10.5. The maximum absolute atomic E-state index is 12.4. The SMILES string of the molecule is CC(C)c1ccc(CCNC(=O)COC(=O)c2cccnc2Oc2cccnc2)cc1. The number of nitrogens with one attached hydrogen (secondary N) is 1. The highest BCUT2D eigenvalue weighted by Crippen LogP contribution is 2.22. The predicted molar refractivity (Wildman–Crippen MR) is 116 cm³/mol. The fraction of sp³-hybridized carbons (Fsp3) is 0.250. The topological polar surface area (TPSA) is 90.4 Å². The van der Waals surface area contributed by atoms with Gasteiger partial charge in [0.15, 0.2) is 6.61 Å². The Bertz CT molecular complexity index is 1000. The first kappa shape index (κ1) is 22.0. The number of benzene rings is 1. The lowest BCUT2D eigenvalue weighted by atomic mass is 10.0. The van der Waals surface area contributed by atoms with Gasteiger partial charge in [0.25, 0.3) is 5.91 Å². The van der Waals surface area contributed by atoms with E-state index >= 15 is 0 Å². The maximum atomic E-state index is 12.4. The number of hydrogen-bond acceptors (Lipinski definition) is 6. The summed E-state index contributed by atoms with van der Waals surface area (Å²) in [6.45, 7) is 4.37. The number of pyridine rings is 2. The summed E-state index contributed by atoms with van der Waals surface area (Å²) in [6.07, 6.45) is 5.32. The molecule has 3 aromatic rings. The van der Waals surface area contributed by atoms with Crippen LogP contribution in [0.1, 0.15) is 41.3 Å². The molecular formula is C24H25N3O4. The quantitative estimate of drug-likeness (QED) is 0.529. The number of hydrogen-bond donors (Lipinski definition) is 1. The van der Waals surface area contributed by atoms with Crippen LogP contribution in [0, 0.1) is 0 Å². The van der Waals surface area contributed by atoms with Crippen LogP contribution in [0.2, 0.25) is 0 Å². The van der Waals surface area contributed by atoms with Gasteiger partial charge in [-0.2, -0.15) is 0 Å². The third-order valence-electron chi connectivity index (χ3n) is 4.56. The Labute approximate surface area is 181 Å². The Morgan fingerprint density at radius 1 is 1.03 bits per heavy atom. The van der Waals surface area contributed by atoms with Crippen LogP contribution in [0.3, 0.4) is 0 Å². The van der Waals surface area contributed by atoms with Crippen LogP contribution < -0.4 is 10.1 Å². The number of aromatic nitrogens is 2. The molecule has 0 radical (unpaired) electrons. The van der Waals surface area contributed by atoms with Gasteiger partial charge in [-0.25, -0.2) is 9.78 Å². The third kappa shape index (κ3) is 6.64. The number of carbonyl (C=O) groups excluding carboxylic acids is 2. The van der Waals surface area contributed by atoms with E-state index in [2.05, 4.69) is 53.4 Å². The van der Waals surface area contributed by atoms with E-state index in [1.54, 1.807) is 24.4 Å². The number of nitrogens with zero attached hydrogens (tertiary/aromatic N) is 2. The van der Waals surface area contributed by atoms with Crippen LogP contribution in [-0.4, -0.2) is 35.0 Å². The highest BCUT2D eigenvalue weighted by atomic mass is 16.5. The summed E-state index contributed by atoms with van der Waals surface area (Å²) >= 11 is 0. The van der Waals surface area contributed by atoms with E-state index in [4.69, 9.17) is 9.47 Å². The van der Waals surface area contributed by atoms with Crippen molar-refractivity contribution in [3.63, 3.8) is 0 Å². The molecule has 1 amide bonds. The van der Waals surface area contributed by atoms with Crippen LogP contribution in [0.15, 0.2) is 67.1 Å². The van der Waals surface area contributed by atoms with Gasteiger partial charge in [-0.05, 0) is 47.7 Å². The lowest BCUT2D eigenvalue weighted by Gasteiger charge is -2.10. The van der Waals surface area contributed by atoms with Crippen molar-refractivity contribution >= 4 is 11.9 Å². The summed E-state index contributed by atoms with van der Waals surface area (Å²) in [5.74, 6) is -0.0455. The van der Waals surface area contributed by atoms with Crippen LogP contribution in [0.4, 0.5) is 0 Å². The van der Waals surface area contributed by atoms with Gasteiger partial charge in [0.05, 0.1) is 6.20 Å². The lowest BCUT2D eigenvalue weighted by Crippen LogP contribution is -2.30. The number of ether oxygens (including phenoxy) is 2. The van der Waals surface area contributed by atoms with Gasteiger partial charge in [0, 0.05) is 18.9 Å². The van der Waals surface area contributed by atoms with Gasteiger partial charge in [0.2, 0.25) is 5.88 Å². The molecule has 0 unspecified atom stereocenters. The first-order valence-corrected chi connectivity index (χ1v) is 10.1. The largest absolute Gasteiger partial charge is 0.452 e. The van der Waals surface area contributed by atoms with Crippen LogP contribution in [0.25, 0.3) is 0 Å². The van der Waals surface area contributed by atoms with Gasteiger partial charge < -0.3 is 14.8 Å². The second kappa shape index (κ2) is 10.9. The van der Waals surface area contributed by atoms with Crippen LogP contribution >= 0.6 is 0 Å².